The third-order valence-electron chi connectivity index (χ3n) is 2.71. The van der Waals surface area contributed by atoms with Crippen molar-refractivity contribution in [2.75, 3.05) is 26.0 Å². The Bertz CT molecular complexity index is 598. The number of nitrogen functional groups attached to an aromatic ring is 1. The number of thiophene rings is 1. The molecule has 4 nitrogen and oxygen atoms in total. The predicted molar refractivity (Wildman–Crippen MR) is 80.1 cm³/mol. The minimum absolute atomic E-state index is 0.147. The maximum atomic E-state index is 12.0. The molecular weight excluding hydrogens is 284 g/mol. The van der Waals surface area contributed by atoms with Crippen molar-refractivity contribution in [3.05, 3.63) is 28.1 Å². The highest BCUT2D eigenvalue weighted by atomic mass is 35.5. The normalized spacial score (nSPS) is 10.8. The molecule has 1 aromatic carbocycles. The van der Waals surface area contributed by atoms with Crippen molar-refractivity contribution in [3.8, 4) is 0 Å². The highest BCUT2D eigenvalue weighted by Crippen LogP contribution is 2.35. The van der Waals surface area contributed by atoms with Crippen LogP contribution in [0.25, 0.3) is 10.1 Å². The highest BCUT2D eigenvalue weighted by molar-refractivity contribution is 7.21. The Kier molecular flexibility index (Phi) is 4.63. The molecule has 0 atom stereocenters. The van der Waals surface area contributed by atoms with Crippen LogP contribution in [-0.2, 0) is 4.74 Å². The Balaban J connectivity index is 2.16. The van der Waals surface area contributed by atoms with E-state index in [1.807, 2.05) is 6.07 Å². The first-order chi connectivity index (χ1) is 9.13. The maximum absolute atomic E-state index is 12.0. The molecule has 0 spiro atoms. The molecule has 0 fully saturated rings. The molecule has 1 amide bonds. The SMILES string of the molecule is COCCCNC(=O)c1sc2ccc(Cl)cc2c1N. The Morgan fingerprint density at radius 1 is 1.53 bits per heavy atom. The van der Waals surface area contributed by atoms with Gasteiger partial charge in [0.25, 0.3) is 5.91 Å². The van der Waals surface area contributed by atoms with Crippen LogP contribution in [0, 0.1) is 0 Å². The predicted octanol–water partition coefficient (Wildman–Crippen LogP) is 2.90. The Hall–Kier alpha value is -1.30. The molecule has 0 unspecified atom stereocenters. The fourth-order valence-corrected chi connectivity index (χ4v) is 2.95. The zero-order valence-corrected chi connectivity index (χ0v) is 12.1. The number of methoxy groups -OCH3 is 1. The fraction of sp³-hybridized carbons (Fsp3) is 0.308. The molecule has 1 heterocycles. The average molecular weight is 299 g/mol. The molecule has 0 aliphatic heterocycles. The lowest BCUT2D eigenvalue weighted by Gasteiger charge is -2.03. The maximum Gasteiger partial charge on any atom is 0.263 e. The fourth-order valence-electron chi connectivity index (χ4n) is 1.76. The molecule has 0 aliphatic carbocycles. The van der Waals surface area contributed by atoms with Gasteiger partial charge in [0.2, 0.25) is 0 Å². The molecular formula is C13H15ClN2O2S. The molecule has 0 radical (unpaired) electrons. The number of amides is 1. The van der Waals surface area contributed by atoms with Gasteiger partial charge in [0.05, 0.1) is 5.69 Å². The van der Waals surface area contributed by atoms with Crippen LogP contribution in [0.1, 0.15) is 16.1 Å². The summed E-state index contributed by atoms with van der Waals surface area (Å²) in [5.41, 5.74) is 6.50. The molecule has 2 aromatic rings. The third-order valence-corrected chi connectivity index (χ3v) is 4.13. The summed E-state index contributed by atoms with van der Waals surface area (Å²) in [6.07, 6.45) is 0.777. The zero-order valence-electron chi connectivity index (χ0n) is 10.5. The molecule has 102 valence electrons. The van der Waals surface area contributed by atoms with E-state index in [1.54, 1.807) is 19.2 Å². The lowest BCUT2D eigenvalue weighted by molar-refractivity contribution is 0.0953. The van der Waals surface area contributed by atoms with E-state index in [0.29, 0.717) is 28.7 Å². The van der Waals surface area contributed by atoms with Crippen LogP contribution in [0.3, 0.4) is 0 Å². The summed E-state index contributed by atoms with van der Waals surface area (Å²) in [5, 5.41) is 4.28. The van der Waals surface area contributed by atoms with Gasteiger partial charge < -0.3 is 15.8 Å². The number of carbonyl (C=O) groups is 1. The highest BCUT2D eigenvalue weighted by Gasteiger charge is 2.16. The minimum atomic E-state index is -0.147. The topological polar surface area (TPSA) is 64.3 Å². The van der Waals surface area contributed by atoms with Gasteiger partial charge in [-0.05, 0) is 24.6 Å². The first-order valence-corrected chi connectivity index (χ1v) is 7.07. The Morgan fingerprint density at radius 2 is 2.32 bits per heavy atom. The molecule has 2 rings (SSSR count). The molecule has 3 N–H and O–H groups in total. The van der Waals surface area contributed by atoms with Crippen LogP contribution in [0.2, 0.25) is 5.02 Å². The first kappa shape index (κ1) is 14.1. The van der Waals surface area contributed by atoms with E-state index in [4.69, 9.17) is 22.1 Å². The van der Waals surface area contributed by atoms with E-state index in [0.717, 1.165) is 16.5 Å². The third kappa shape index (κ3) is 3.18. The number of ether oxygens (including phenoxy) is 1. The molecule has 0 saturated heterocycles. The van der Waals surface area contributed by atoms with Crippen molar-refractivity contribution in [1.82, 2.24) is 5.32 Å². The van der Waals surface area contributed by atoms with Crippen molar-refractivity contribution in [2.24, 2.45) is 0 Å². The lowest BCUT2D eigenvalue weighted by atomic mass is 10.2. The minimum Gasteiger partial charge on any atom is -0.397 e. The smallest absolute Gasteiger partial charge is 0.263 e. The van der Waals surface area contributed by atoms with Crippen molar-refractivity contribution in [3.63, 3.8) is 0 Å². The zero-order chi connectivity index (χ0) is 13.8. The molecule has 19 heavy (non-hydrogen) atoms. The second-order valence-electron chi connectivity index (χ2n) is 4.09. The molecule has 0 aliphatic rings. The van der Waals surface area contributed by atoms with Gasteiger partial charge in [-0.3, -0.25) is 4.79 Å². The molecule has 1 aromatic heterocycles. The van der Waals surface area contributed by atoms with Gasteiger partial charge in [-0.2, -0.15) is 0 Å². The summed E-state index contributed by atoms with van der Waals surface area (Å²) in [6, 6.07) is 5.45. The average Bonchev–Trinajstić information content (AvgIpc) is 2.72. The van der Waals surface area contributed by atoms with E-state index in [-0.39, 0.29) is 5.91 Å². The summed E-state index contributed by atoms with van der Waals surface area (Å²) in [4.78, 5) is 12.6. The van der Waals surface area contributed by atoms with E-state index < -0.39 is 0 Å². The van der Waals surface area contributed by atoms with Crippen molar-refractivity contribution < 1.29 is 9.53 Å². The van der Waals surface area contributed by atoms with Gasteiger partial charge in [-0.25, -0.2) is 0 Å². The number of anilines is 1. The van der Waals surface area contributed by atoms with Crippen LogP contribution in [0.15, 0.2) is 18.2 Å². The monoisotopic (exact) mass is 298 g/mol. The van der Waals surface area contributed by atoms with E-state index in [2.05, 4.69) is 5.32 Å². The Morgan fingerprint density at radius 3 is 3.05 bits per heavy atom. The standard InChI is InChI=1S/C13H15ClN2O2S/c1-18-6-2-5-16-13(17)12-11(15)9-7-8(14)3-4-10(9)19-12/h3-4,7H,2,5-6,15H2,1H3,(H,16,17). The number of carbonyl (C=O) groups excluding carboxylic acids is 1. The second-order valence-corrected chi connectivity index (χ2v) is 5.58. The number of nitrogens with two attached hydrogens (primary N) is 1. The number of rotatable bonds is 5. The Labute approximate surface area is 120 Å². The van der Waals surface area contributed by atoms with Gasteiger partial charge in [-0.1, -0.05) is 11.6 Å². The number of fused-ring (bicyclic) bond motifs is 1. The van der Waals surface area contributed by atoms with Crippen LogP contribution >= 0.6 is 22.9 Å². The van der Waals surface area contributed by atoms with Crippen molar-refractivity contribution in [2.45, 2.75) is 6.42 Å². The molecule has 6 heteroatoms. The van der Waals surface area contributed by atoms with Crippen LogP contribution in [0.4, 0.5) is 5.69 Å². The largest absolute Gasteiger partial charge is 0.397 e. The van der Waals surface area contributed by atoms with Crippen LogP contribution < -0.4 is 11.1 Å². The van der Waals surface area contributed by atoms with Gasteiger partial charge in [0.1, 0.15) is 4.88 Å². The molecule has 0 saturated carbocycles. The summed E-state index contributed by atoms with van der Waals surface area (Å²) in [5.74, 6) is -0.147. The second kappa shape index (κ2) is 6.23. The van der Waals surface area contributed by atoms with Crippen LogP contribution in [0.5, 0.6) is 0 Å². The summed E-state index contributed by atoms with van der Waals surface area (Å²) in [7, 11) is 1.63. The van der Waals surface area contributed by atoms with Crippen molar-refractivity contribution >= 4 is 44.6 Å². The van der Waals surface area contributed by atoms with E-state index in [9.17, 15) is 4.79 Å². The van der Waals surface area contributed by atoms with Gasteiger partial charge in [0, 0.05) is 35.4 Å². The quantitative estimate of drug-likeness (QED) is 0.834. The number of hydrogen-bond donors (Lipinski definition) is 2. The number of hydrogen-bond acceptors (Lipinski definition) is 4. The number of halogens is 1. The van der Waals surface area contributed by atoms with E-state index >= 15 is 0 Å². The van der Waals surface area contributed by atoms with E-state index in [1.165, 1.54) is 11.3 Å². The van der Waals surface area contributed by atoms with Crippen molar-refractivity contribution in [1.29, 1.82) is 0 Å². The van der Waals surface area contributed by atoms with Gasteiger partial charge in [0.15, 0.2) is 0 Å². The molecule has 0 bridgehead atoms. The number of benzene rings is 1. The number of nitrogens with one attached hydrogen (secondary N) is 1. The van der Waals surface area contributed by atoms with Crippen LogP contribution in [-0.4, -0.2) is 26.2 Å². The summed E-state index contributed by atoms with van der Waals surface area (Å²) < 4.78 is 5.89. The van der Waals surface area contributed by atoms with Gasteiger partial charge in [-0.15, -0.1) is 11.3 Å². The summed E-state index contributed by atoms with van der Waals surface area (Å²) in [6.45, 7) is 1.19. The summed E-state index contributed by atoms with van der Waals surface area (Å²) >= 11 is 7.31. The first-order valence-electron chi connectivity index (χ1n) is 5.88. The lowest BCUT2D eigenvalue weighted by Crippen LogP contribution is -2.25. The van der Waals surface area contributed by atoms with Gasteiger partial charge >= 0.3 is 0 Å².